The lowest BCUT2D eigenvalue weighted by molar-refractivity contribution is -0.137. The lowest BCUT2D eigenvalue weighted by Crippen LogP contribution is -2.12. The number of carboxylic acids is 1. The molecule has 0 saturated carbocycles. The van der Waals surface area contributed by atoms with Crippen LogP contribution in [0.25, 0.3) is 0 Å². The average Bonchev–Trinajstić information content (AvgIpc) is 2.32. The van der Waals surface area contributed by atoms with Crippen LogP contribution < -0.4 is 10.1 Å². The molecule has 0 bridgehead atoms. The Bertz CT molecular complexity index is 491. The molecule has 1 aromatic rings. The van der Waals surface area contributed by atoms with Gasteiger partial charge in [0.25, 0.3) is 0 Å². The van der Waals surface area contributed by atoms with Crippen molar-refractivity contribution in [3.05, 3.63) is 21.1 Å². The van der Waals surface area contributed by atoms with Crippen LogP contribution in [-0.4, -0.2) is 24.1 Å². The van der Waals surface area contributed by atoms with Gasteiger partial charge in [0.05, 0.1) is 17.3 Å². The first-order chi connectivity index (χ1) is 8.93. The molecule has 0 aliphatic heterocycles. The standard InChI is InChI=1S/C12H13Br2NO4/c1-19-10-6-9(7(13)5-8(10)14)15-11(16)3-2-4-12(17)18/h5-6H,2-4H2,1H3,(H,15,16)(H,17,18). The van der Waals surface area contributed by atoms with Gasteiger partial charge < -0.3 is 15.2 Å². The highest BCUT2D eigenvalue weighted by atomic mass is 79.9. The summed E-state index contributed by atoms with van der Waals surface area (Å²) >= 11 is 6.67. The fourth-order valence-corrected chi connectivity index (χ4v) is 2.65. The Morgan fingerprint density at radius 1 is 1.26 bits per heavy atom. The minimum absolute atomic E-state index is 0.0156. The number of nitrogens with one attached hydrogen (secondary N) is 1. The molecule has 0 saturated heterocycles. The van der Waals surface area contributed by atoms with Crippen molar-refractivity contribution in [2.45, 2.75) is 19.3 Å². The molecular formula is C12H13Br2NO4. The molecule has 0 spiro atoms. The highest BCUT2D eigenvalue weighted by Crippen LogP contribution is 2.34. The van der Waals surface area contributed by atoms with Gasteiger partial charge in [0, 0.05) is 23.4 Å². The highest BCUT2D eigenvalue weighted by molar-refractivity contribution is 9.11. The quantitative estimate of drug-likeness (QED) is 0.775. The Kier molecular flexibility index (Phi) is 6.30. The van der Waals surface area contributed by atoms with E-state index in [1.807, 2.05) is 0 Å². The Labute approximate surface area is 127 Å². The monoisotopic (exact) mass is 393 g/mol. The zero-order chi connectivity index (χ0) is 14.4. The van der Waals surface area contributed by atoms with Crippen molar-refractivity contribution in [1.82, 2.24) is 0 Å². The first-order valence-corrected chi connectivity index (χ1v) is 7.07. The molecule has 0 aromatic heterocycles. The highest BCUT2D eigenvalue weighted by Gasteiger charge is 2.10. The number of ether oxygens (including phenoxy) is 1. The molecule has 0 radical (unpaired) electrons. The molecule has 19 heavy (non-hydrogen) atoms. The van der Waals surface area contributed by atoms with Crippen molar-refractivity contribution in [2.24, 2.45) is 0 Å². The summed E-state index contributed by atoms with van der Waals surface area (Å²) in [6, 6.07) is 3.45. The van der Waals surface area contributed by atoms with Crippen LogP contribution >= 0.6 is 31.9 Å². The summed E-state index contributed by atoms with van der Waals surface area (Å²) in [4.78, 5) is 22.0. The van der Waals surface area contributed by atoms with Gasteiger partial charge in [-0.1, -0.05) is 0 Å². The molecule has 0 heterocycles. The maximum atomic E-state index is 11.7. The van der Waals surface area contributed by atoms with Crippen LogP contribution in [0.3, 0.4) is 0 Å². The Hall–Kier alpha value is -1.08. The maximum Gasteiger partial charge on any atom is 0.303 e. The van der Waals surface area contributed by atoms with Gasteiger partial charge in [0.15, 0.2) is 0 Å². The third-order valence-electron chi connectivity index (χ3n) is 2.31. The van der Waals surface area contributed by atoms with Gasteiger partial charge in [-0.15, -0.1) is 0 Å². The van der Waals surface area contributed by atoms with Gasteiger partial charge in [0.2, 0.25) is 5.91 Å². The average molecular weight is 395 g/mol. The topological polar surface area (TPSA) is 75.6 Å². The van der Waals surface area contributed by atoms with Gasteiger partial charge in [-0.2, -0.15) is 0 Å². The first kappa shape index (κ1) is 16.0. The van der Waals surface area contributed by atoms with Crippen molar-refractivity contribution in [3.8, 4) is 5.75 Å². The molecule has 0 aliphatic carbocycles. The van der Waals surface area contributed by atoms with Crippen molar-refractivity contribution < 1.29 is 19.4 Å². The van der Waals surface area contributed by atoms with Gasteiger partial charge in [-0.05, 0) is 44.3 Å². The van der Waals surface area contributed by atoms with E-state index >= 15 is 0 Å². The number of anilines is 1. The van der Waals surface area contributed by atoms with Gasteiger partial charge in [-0.3, -0.25) is 9.59 Å². The molecule has 0 atom stereocenters. The van der Waals surface area contributed by atoms with Crippen molar-refractivity contribution in [2.75, 3.05) is 12.4 Å². The van der Waals surface area contributed by atoms with Crippen LogP contribution in [0.4, 0.5) is 5.69 Å². The van der Waals surface area contributed by atoms with Gasteiger partial charge in [0.1, 0.15) is 5.75 Å². The number of methoxy groups -OCH3 is 1. The molecule has 0 aliphatic rings. The van der Waals surface area contributed by atoms with Crippen LogP contribution in [0.2, 0.25) is 0 Å². The lowest BCUT2D eigenvalue weighted by Gasteiger charge is -2.10. The normalized spacial score (nSPS) is 10.1. The third kappa shape index (κ3) is 5.20. The van der Waals surface area contributed by atoms with E-state index in [0.29, 0.717) is 22.3 Å². The van der Waals surface area contributed by atoms with Crippen LogP contribution in [-0.2, 0) is 9.59 Å². The van der Waals surface area contributed by atoms with Gasteiger partial charge >= 0.3 is 5.97 Å². The molecule has 104 valence electrons. The zero-order valence-corrected chi connectivity index (χ0v) is 13.4. The van der Waals surface area contributed by atoms with Crippen molar-refractivity contribution >= 4 is 49.4 Å². The van der Waals surface area contributed by atoms with Gasteiger partial charge in [-0.25, -0.2) is 0 Å². The number of benzene rings is 1. The summed E-state index contributed by atoms with van der Waals surface area (Å²) < 4.78 is 6.62. The van der Waals surface area contributed by atoms with E-state index in [-0.39, 0.29) is 18.7 Å². The predicted molar refractivity (Wildman–Crippen MR) is 78.5 cm³/mol. The molecule has 0 unspecified atom stereocenters. The predicted octanol–water partition coefficient (Wildman–Crippen LogP) is 3.41. The fraction of sp³-hybridized carbons (Fsp3) is 0.333. The number of aliphatic carboxylic acids is 1. The lowest BCUT2D eigenvalue weighted by atomic mass is 10.2. The van der Waals surface area contributed by atoms with E-state index < -0.39 is 5.97 Å². The summed E-state index contributed by atoms with van der Waals surface area (Å²) in [6.07, 6.45) is 0.460. The molecule has 7 heteroatoms. The molecule has 2 N–H and O–H groups in total. The Morgan fingerprint density at radius 3 is 2.53 bits per heavy atom. The largest absolute Gasteiger partial charge is 0.495 e. The molecule has 5 nitrogen and oxygen atoms in total. The number of halogens is 2. The molecule has 1 aromatic carbocycles. The maximum absolute atomic E-state index is 11.7. The number of carbonyl (C=O) groups excluding carboxylic acids is 1. The Morgan fingerprint density at radius 2 is 1.95 bits per heavy atom. The second-order valence-corrected chi connectivity index (χ2v) is 5.47. The van der Waals surface area contributed by atoms with E-state index in [1.54, 1.807) is 12.1 Å². The second kappa shape index (κ2) is 7.49. The SMILES string of the molecule is COc1cc(NC(=O)CCCC(=O)O)c(Br)cc1Br. The number of carboxylic acid groups (broad SMARTS) is 1. The molecule has 0 fully saturated rings. The first-order valence-electron chi connectivity index (χ1n) is 5.48. The van der Waals surface area contributed by atoms with E-state index in [9.17, 15) is 9.59 Å². The van der Waals surface area contributed by atoms with Crippen LogP contribution in [0, 0.1) is 0 Å². The van der Waals surface area contributed by atoms with E-state index in [1.165, 1.54) is 7.11 Å². The van der Waals surface area contributed by atoms with Crippen LogP contribution in [0.1, 0.15) is 19.3 Å². The summed E-state index contributed by atoms with van der Waals surface area (Å²) in [5.41, 5.74) is 0.584. The number of rotatable bonds is 6. The van der Waals surface area contributed by atoms with E-state index in [2.05, 4.69) is 37.2 Å². The number of amides is 1. The third-order valence-corrected chi connectivity index (χ3v) is 3.59. The van der Waals surface area contributed by atoms with E-state index in [4.69, 9.17) is 9.84 Å². The second-order valence-electron chi connectivity index (χ2n) is 3.76. The number of carbonyl (C=O) groups is 2. The molecular weight excluding hydrogens is 382 g/mol. The van der Waals surface area contributed by atoms with Crippen LogP contribution in [0.5, 0.6) is 5.75 Å². The summed E-state index contributed by atoms with van der Waals surface area (Å²) in [5, 5.41) is 11.2. The van der Waals surface area contributed by atoms with Crippen molar-refractivity contribution in [3.63, 3.8) is 0 Å². The summed E-state index contributed by atoms with van der Waals surface area (Å²) in [7, 11) is 1.53. The Balaban J connectivity index is 2.66. The van der Waals surface area contributed by atoms with Crippen molar-refractivity contribution in [1.29, 1.82) is 0 Å². The summed E-state index contributed by atoms with van der Waals surface area (Å²) in [5.74, 6) is -0.533. The molecule has 1 rings (SSSR count). The zero-order valence-electron chi connectivity index (χ0n) is 10.2. The number of hydrogen-bond donors (Lipinski definition) is 2. The molecule has 1 amide bonds. The smallest absolute Gasteiger partial charge is 0.303 e. The number of hydrogen-bond acceptors (Lipinski definition) is 3. The summed E-state index contributed by atoms with van der Waals surface area (Å²) in [6.45, 7) is 0. The fourth-order valence-electron chi connectivity index (χ4n) is 1.39. The van der Waals surface area contributed by atoms with Crippen LogP contribution in [0.15, 0.2) is 21.1 Å². The minimum Gasteiger partial charge on any atom is -0.495 e. The van der Waals surface area contributed by atoms with E-state index in [0.717, 1.165) is 4.47 Å². The minimum atomic E-state index is -0.903.